The zero-order chi connectivity index (χ0) is 21.0. The van der Waals surface area contributed by atoms with Crippen molar-refractivity contribution < 1.29 is 23.7 Å². The largest absolute Gasteiger partial charge is 0.378 e. The van der Waals surface area contributed by atoms with E-state index in [0.717, 1.165) is 13.1 Å². The minimum Gasteiger partial charge on any atom is -0.378 e. The molecule has 0 spiro atoms. The molecular formula is C21H39N3O5. The summed E-state index contributed by atoms with van der Waals surface area (Å²) in [7, 11) is 0. The van der Waals surface area contributed by atoms with Gasteiger partial charge in [-0.15, -0.1) is 0 Å². The monoisotopic (exact) mass is 413 g/mol. The van der Waals surface area contributed by atoms with Gasteiger partial charge in [0.15, 0.2) is 0 Å². The number of nitrogens with zero attached hydrogens (tertiary/aromatic N) is 1. The van der Waals surface area contributed by atoms with Crippen molar-refractivity contribution in [3.8, 4) is 0 Å². The number of benzene rings is 1. The Morgan fingerprint density at radius 2 is 1.10 bits per heavy atom. The molecule has 0 unspecified atom stereocenters. The molecule has 1 rings (SSSR count). The van der Waals surface area contributed by atoms with E-state index in [4.69, 9.17) is 35.2 Å². The summed E-state index contributed by atoms with van der Waals surface area (Å²) >= 11 is 0. The van der Waals surface area contributed by atoms with Crippen molar-refractivity contribution in [2.75, 3.05) is 97.1 Å². The minimum atomic E-state index is 0.535. The maximum absolute atomic E-state index is 5.72. The number of aryl methyl sites for hydroxylation is 1. The van der Waals surface area contributed by atoms with Crippen LogP contribution in [-0.4, -0.2) is 92.2 Å². The molecule has 4 N–H and O–H groups in total. The van der Waals surface area contributed by atoms with Gasteiger partial charge in [0.1, 0.15) is 0 Å². The van der Waals surface area contributed by atoms with Gasteiger partial charge in [-0.2, -0.15) is 0 Å². The van der Waals surface area contributed by atoms with Crippen LogP contribution in [-0.2, 0) is 23.7 Å². The summed E-state index contributed by atoms with van der Waals surface area (Å²) in [5.74, 6) is 0. The molecule has 0 amide bonds. The second-order valence-electron chi connectivity index (χ2n) is 6.47. The highest BCUT2D eigenvalue weighted by atomic mass is 16.5. The van der Waals surface area contributed by atoms with Crippen molar-refractivity contribution in [2.24, 2.45) is 11.5 Å². The van der Waals surface area contributed by atoms with Gasteiger partial charge in [0.05, 0.1) is 66.1 Å². The van der Waals surface area contributed by atoms with Gasteiger partial charge in [-0.1, -0.05) is 12.1 Å². The summed E-state index contributed by atoms with van der Waals surface area (Å²) in [6.07, 6.45) is 0. The van der Waals surface area contributed by atoms with Crippen molar-refractivity contribution in [3.63, 3.8) is 0 Å². The van der Waals surface area contributed by atoms with E-state index in [1.54, 1.807) is 0 Å². The van der Waals surface area contributed by atoms with E-state index in [1.807, 2.05) is 0 Å². The van der Waals surface area contributed by atoms with Crippen LogP contribution in [0.2, 0.25) is 0 Å². The Bertz CT molecular complexity index is 493. The highest BCUT2D eigenvalue weighted by Crippen LogP contribution is 2.15. The van der Waals surface area contributed by atoms with Crippen LogP contribution in [0.25, 0.3) is 0 Å². The van der Waals surface area contributed by atoms with E-state index in [1.165, 1.54) is 11.3 Å². The Kier molecular flexibility index (Phi) is 16.7. The third kappa shape index (κ3) is 14.4. The number of ether oxygens (including phenoxy) is 5. The third-order valence-electron chi connectivity index (χ3n) is 4.02. The molecule has 0 aliphatic carbocycles. The fourth-order valence-corrected chi connectivity index (χ4v) is 2.57. The molecule has 0 saturated carbocycles. The fraction of sp³-hybridized carbons (Fsp3) is 0.714. The van der Waals surface area contributed by atoms with Crippen LogP contribution < -0.4 is 16.4 Å². The zero-order valence-electron chi connectivity index (χ0n) is 17.9. The third-order valence-corrected chi connectivity index (χ3v) is 4.02. The average molecular weight is 414 g/mol. The lowest BCUT2D eigenvalue weighted by molar-refractivity contribution is 0.0170. The first-order chi connectivity index (χ1) is 14.3. The van der Waals surface area contributed by atoms with Crippen LogP contribution in [0.1, 0.15) is 5.56 Å². The number of nitrogens with two attached hydrogens (primary N) is 2. The Hall–Kier alpha value is -1.26. The molecule has 0 radical (unpaired) electrons. The summed E-state index contributed by atoms with van der Waals surface area (Å²) < 4.78 is 27.4. The van der Waals surface area contributed by atoms with Crippen LogP contribution in [0.4, 0.5) is 5.69 Å². The van der Waals surface area contributed by atoms with Crippen molar-refractivity contribution in [1.29, 1.82) is 0 Å². The number of hydrogen-bond donors (Lipinski definition) is 2. The molecule has 0 atom stereocenters. The Morgan fingerprint density at radius 3 is 1.55 bits per heavy atom. The van der Waals surface area contributed by atoms with E-state index in [2.05, 4.69) is 36.1 Å². The molecule has 1 aromatic rings. The molecular weight excluding hydrogens is 374 g/mol. The van der Waals surface area contributed by atoms with Crippen molar-refractivity contribution in [2.45, 2.75) is 6.92 Å². The first-order valence-corrected chi connectivity index (χ1v) is 10.4. The van der Waals surface area contributed by atoms with Gasteiger partial charge < -0.3 is 40.1 Å². The van der Waals surface area contributed by atoms with Gasteiger partial charge in [0.2, 0.25) is 0 Å². The first-order valence-electron chi connectivity index (χ1n) is 10.4. The number of hydrogen-bond acceptors (Lipinski definition) is 8. The van der Waals surface area contributed by atoms with E-state index >= 15 is 0 Å². The summed E-state index contributed by atoms with van der Waals surface area (Å²) in [6.45, 7) is 10.5. The molecule has 8 nitrogen and oxygen atoms in total. The fourth-order valence-electron chi connectivity index (χ4n) is 2.57. The molecule has 0 heterocycles. The highest BCUT2D eigenvalue weighted by molar-refractivity contribution is 5.48. The summed E-state index contributed by atoms with van der Waals surface area (Å²) in [4.78, 5) is 2.27. The molecule has 168 valence electrons. The van der Waals surface area contributed by atoms with Gasteiger partial charge in [-0.05, 0) is 24.6 Å². The highest BCUT2D eigenvalue weighted by Gasteiger charge is 2.07. The molecule has 1 aromatic carbocycles. The molecule has 0 aliphatic rings. The first kappa shape index (κ1) is 25.8. The molecule has 29 heavy (non-hydrogen) atoms. The van der Waals surface area contributed by atoms with Gasteiger partial charge in [0.25, 0.3) is 0 Å². The molecule has 8 heteroatoms. The lowest BCUT2D eigenvalue weighted by Crippen LogP contribution is -2.31. The van der Waals surface area contributed by atoms with Crippen LogP contribution in [0, 0.1) is 6.92 Å². The van der Waals surface area contributed by atoms with Crippen LogP contribution in [0.5, 0.6) is 0 Å². The Morgan fingerprint density at radius 1 is 0.655 bits per heavy atom. The van der Waals surface area contributed by atoms with Gasteiger partial charge in [-0.25, -0.2) is 0 Å². The average Bonchev–Trinajstić information content (AvgIpc) is 2.73. The molecule has 0 aliphatic heterocycles. The van der Waals surface area contributed by atoms with E-state index in [0.29, 0.717) is 79.2 Å². The maximum atomic E-state index is 5.72. The van der Waals surface area contributed by atoms with Crippen molar-refractivity contribution in [1.82, 2.24) is 0 Å². The quantitative estimate of drug-likeness (QED) is 0.303. The normalized spacial score (nSPS) is 11.1. The van der Waals surface area contributed by atoms with E-state index in [-0.39, 0.29) is 0 Å². The Labute approximate surface area is 175 Å². The number of anilines is 1. The second kappa shape index (κ2) is 18.7. The van der Waals surface area contributed by atoms with Crippen LogP contribution in [0.15, 0.2) is 24.3 Å². The van der Waals surface area contributed by atoms with Crippen molar-refractivity contribution >= 4 is 5.69 Å². The van der Waals surface area contributed by atoms with E-state index in [9.17, 15) is 0 Å². The predicted octanol–water partition coefficient (Wildman–Crippen LogP) is 0.802. The van der Waals surface area contributed by atoms with Gasteiger partial charge >= 0.3 is 0 Å². The minimum absolute atomic E-state index is 0.535. The lowest BCUT2D eigenvalue weighted by Gasteiger charge is -2.25. The second-order valence-corrected chi connectivity index (χ2v) is 6.47. The van der Waals surface area contributed by atoms with E-state index < -0.39 is 0 Å². The van der Waals surface area contributed by atoms with Crippen LogP contribution in [0.3, 0.4) is 0 Å². The lowest BCUT2D eigenvalue weighted by atomic mass is 10.2. The van der Waals surface area contributed by atoms with Gasteiger partial charge in [-0.3, -0.25) is 0 Å². The number of rotatable bonds is 20. The molecule has 0 saturated heterocycles. The summed E-state index contributed by atoms with van der Waals surface area (Å²) in [5.41, 5.74) is 13.2. The molecule has 0 bridgehead atoms. The smallest absolute Gasteiger partial charge is 0.0701 e. The Balaban J connectivity index is 2.22. The maximum Gasteiger partial charge on any atom is 0.0701 e. The summed E-state index contributed by atoms with van der Waals surface area (Å²) in [6, 6.07) is 8.45. The SMILES string of the molecule is Cc1cccc(N(CCOCCOCCN)CCOCCOCCOCCN)c1. The van der Waals surface area contributed by atoms with Gasteiger partial charge in [0, 0.05) is 31.9 Å². The standard InChI is InChI=1S/C21H39N3O5/c1-20-3-2-4-21(19-20)24(7-11-27-15-13-25-9-5-22)8-12-28-16-18-29-17-14-26-10-6-23/h2-4,19H,5-18,22-23H2,1H3. The summed E-state index contributed by atoms with van der Waals surface area (Å²) in [5, 5.41) is 0. The van der Waals surface area contributed by atoms with Crippen molar-refractivity contribution in [3.05, 3.63) is 29.8 Å². The van der Waals surface area contributed by atoms with Crippen LogP contribution >= 0.6 is 0 Å². The predicted molar refractivity (Wildman–Crippen MR) is 116 cm³/mol. The molecule has 0 aromatic heterocycles. The zero-order valence-corrected chi connectivity index (χ0v) is 17.9. The molecule has 0 fully saturated rings. The topological polar surface area (TPSA) is 101 Å².